The number of nitrogens with one attached hydrogen (secondary N) is 1. The van der Waals surface area contributed by atoms with Crippen molar-refractivity contribution in [2.45, 2.75) is 93.9 Å². The Balaban J connectivity index is 1.84. The molecule has 5 heterocycles. The average Bonchev–Trinajstić information content (AvgIpc) is 3.79. The number of aromatic nitrogens is 1. The fourth-order valence-corrected chi connectivity index (χ4v) is 7.93. The van der Waals surface area contributed by atoms with Gasteiger partial charge in [0.1, 0.15) is 12.0 Å². The summed E-state index contributed by atoms with van der Waals surface area (Å²) < 4.78 is 0. The second kappa shape index (κ2) is 13.5. The molecule has 6 rings (SSSR count). The van der Waals surface area contributed by atoms with Crippen LogP contribution in [-0.4, -0.2) is 38.6 Å². The van der Waals surface area contributed by atoms with Gasteiger partial charge in [-0.3, -0.25) is 0 Å². The summed E-state index contributed by atoms with van der Waals surface area (Å²) >= 11 is 0. The number of aliphatic imine (C=N–C) groups is 3. The van der Waals surface area contributed by atoms with Gasteiger partial charge < -0.3 is 20.0 Å². The van der Waals surface area contributed by atoms with Crippen molar-refractivity contribution >= 4 is 47.4 Å². The molecule has 0 atom stereocenters. The number of aliphatic hydroxyl groups excluding tert-OH is 1. The maximum absolute atomic E-state index is 11.9. The number of rotatable bonds is 7. The quantitative estimate of drug-likeness (QED) is 0.262. The number of nitrogens with zero attached hydrogens (tertiary/aromatic N) is 3. The van der Waals surface area contributed by atoms with Gasteiger partial charge in [-0.25, -0.2) is 15.0 Å². The van der Waals surface area contributed by atoms with Crippen LogP contribution < -0.4 is 10.4 Å². The van der Waals surface area contributed by atoms with E-state index in [-0.39, 0.29) is 12.2 Å². The summed E-state index contributed by atoms with van der Waals surface area (Å²) in [5.74, 6) is 0.0838. The second-order valence-electron chi connectivity index (χ2n) is 12.9. The fourth-order valence-electron chi connectivity index (χ4n) is 7.93. The van der Waals surface area contributed by atoms with E-state index in [0.717, 1.165) is 140 Å². The number of carbonyl (C=O) groups is 1. The van der Waals surface area contributed by atoms with Crippen molar-refractivity contribution in [2.24, 2.45) is 15.0 Å². The summed E-state index contributed by atoms with van der Waals surface area (Å²) in [7, 11) is 0. The van der Waals surface area contributed by atoms with Gasteiger partial charge in [-0.05, 0) is 139 Å². The highest BCUT2D eigenvalue weighted by Gasteiger charge is 2.33. The maximum Gasteiger partial charge on any atom is 0.124 e. The second-order valence-corrected chi connectivity index (χ2v) is 12.9. The predicted molar refractivity (Wildman–Crippen MR) is 202 cm³/mol. The largest absolute Gasteiger partial charge is 0.515 e. The van der Waals surface area contributed by atoms with Crippen LogP contribution >= 0.6 is 0 Å². The van der Waals surface area contributed by atoms with Crippen molar-refractivity contribution in [1.29, 1.82) is 0 Å². The minimum Gasteiger partial charge on any atom is -0.515 e. The van der Waals surface area contributed by atoms with E-state index < -0.39 is 0 Å². The van der Waals surface area contributed by atoms with Crippen LogP contribution in [0.5, 0.6) is 5.75 Å². The topological polar surface area (TPSA) is 110 Å². The lowest BCUT2D eigenvalue weighted by molar-refractivity contribution is -0.107. The molecule has 0 amide bonds. The number of aromatic amines is 1. The van der Waals surface area contributed by atoms with E-state index in [1.165, 1.54) is 11.1 Å². The highest BCUT2D eigenvalue weighted by atomic mass is 16.3. The van der Waals surface area contributed by atoms with E-state index in [1.807, 2.05) is 13.8 Å². The molecule has 7 nitrogen and oxygen atoms in total. The van der Waals surface area contributed by atoms with Gasteiger partial charge >= 0.3 is 0 Å². The molecule has 2 aromatic rings. The van der Waals surface area contributed by atoms with Gasteiger partial charge in [-0.2, -0.15) is 0 Å². The highest BCUT2D eigenvalue weighted by Crippen LogP contribution is 2.41. The van der Waals surface area contributed by atoms with E-state index in [2.05, 4.69) is 64.8 Å². The Morgan fingerprint density at radius 1 is 0.714 bits per heavy atom. The Kier molecular flexibility index (Phi) is 9.30. The van der Waals surface area contributed by atoms with Gasteiger partial charge in [-0.1, -0.05) is 34.6 Å². The summed E-state index contributed by atoms with van der Waals surface area (Å²) in [4.78, 5) is 31.6. The molecule has 0 fully saturated rings. The molecule has 0 aliphatic carbocycles. The summed E-state index contributed by atoms with van der Waals surface area (Å²) in [6.45, 7) is 16.9. The van der Waals surface area contributed by atoms with Crippen LogP contribution in [0.4, 0.5) is 0 Å². The minimum atomic E-state index is 0.0838. The highest BCUT2D eigenvalue weighted by molar-refractivity contribution is 6.54. The molecule has 0 unspecified atom stereocenters. The predicted octanol–water partition coefficient (Wildman–Crippen LogP) is 8.13. The van der Waals surface area contributed by atoms with Crippen LogP contribution in [-0.2, 0) is 11.2 Å². The molecule has 4 aliphatic heterocycles. The van der Waals surface area contributed by atoms with Crippen molar-refractivity contribution in [1.82, 2.24) is 4.98 Å². The maximum atomic E-state index is 11.9. The Labute approximate surface area is 288 Å². The monoisotopic (exact) mass is 654 g/mol. The molecule has 0 radical (unpaired) electrons. The molecule has 1 aromatic heterocycles. The average molecular weight is 655 g/mol. The number of aldehydes is 1. The number of aryl methyl sites for hydroxylation is 1. The van der Waals surface area contributed by atoms with Gasteiger partial charge in [0.25, 0.3) is 0 Å². The van der Waals surface area contributed by atoms with Crippen molar-refractivity contribution in [3.63, 3.8) is 0 Å². The lowest BCUT2D eigenvalue weighted by atomic mass is 9.86. The van der Waals surface area contributed by atoms with Crippen LogP contribution in [0.1, 0.15) is 102 Å². The van der Waals surface area contributed by atoms with E-state index in [0.29, 0.717) is 5.22 Å². The summed E-state index contributed by atoms with van der Waals surface area (Å²) in [6, 6.07) is 3.33. The third-order valence-corrected chi connectivity index (χ3v) is 10.3. The molecule has 0 saturated carbocycles. The molecule has 3 N–H and O–H groups in total. The Hall–Kier alpha value is -5.04. The first-order chi connectivity index (χ1) is 23.6. The molecule has 49 heavy (non-hydrogen) atoms. The Morgan fingerprint density at radius 3 is 1.84 bits per heavy atom. The number of aromatic hydroxyl groups is 1. The van der Waals surface area contributed by atoms with E-state index in [9.17, 15) is 15.0 Å². The Bertz CT molecular complexity index is 2220. The first-order valence-electron chi connectivity index (χ1n) is 17.5. The Morgan fingerprint density at radius 2 is 1.29 bits per heavy atom. The van der Waals surface area contributed by atoms with Gasteiger partial charge in [0.05, 0.1) is 40.5 Å². The molecule has 1 aromatic carbocycles. The first-order valence-corrected chi connectivity index (χ1v) is 17.5. The molecule has 7 heteroatoms. The SMILES string of the molecule is CCC1=C(CC)C2=NC1=CC1=NC(=Cc3[nH]c(c(C)c3CC)C=C3N=C(C(CC)=C3CC)C2=c2c(C)cc(O)cc2=CO)C(CC=O)=C1C. The third kappa shape index (κ3) is 5.55. The van der Waals surface area contributed by atoms with Crippen molar-refractivity contribution in [3.8, 4) is 5.75 Å². The number of hydrogen-bond acceptors (Lipinski definition) is 6. The number of phenolic OH excluding ortho intramolecular Hbond substituents is 1. The summed E-state index contributed by atoms with van der Waals surface area (Å²) in [6.07, 6.45) is 12.5. The van der Waals surface area contributed by atoms with Crippen molar-refractivity contribution in [2.75, 3.05) is 0 Å². The fraction of sp³-hybridized carbons (Fsp3) is 0.333. The van der Waals surface area contributed by atoms with E-state index in [4.69, 9.17) is 15.0 Å². The van der Waals surface area contributed by atoms with Gasteiger partial charge in [0.2, 0.25) is 0 Å². The van der Waals surface area contributed by atoms with Gasteiger partial charge in [0, 0.05) is 28.6 Å². The van der Waals surface area contributed by atoms with Gasteiger partial charge in [-0.15, -0.1) is 0 Å². The number of phenols is 1. The van der Waals surface area contributed by atoms with Gasteiger partial charge in [0.15, 0.2) is 0 Å². The van der Waals surface area contributed by atoms with Crippen molar-refractivity contribution < 1.29 is 15.0 Å². The molecular weight excluding hydrogens is 608 g/mol. The standard InChI is InChI=1S/C42H46N4O3/c1-9-27-23(7)33-18-36-28(10-2)30(12-4)41(45-36)40(39-22(6)16-26(49)17-25(39)21-48)42-31(13-5)29(11-3)37(46-42)19-34-24(8)32(14-15-47)38(44-34)20-35(27)43-33/h15-21,43,48-49H,9-14H2,1-8H3. The molecule has 0 spiro atoms. The minimum absolute atomic E-state index is 0.0838. The van der Waals surface area contributed by atoms with E-state index >= 15 is 0 Å². The molecule has 4 aliphatic rings. The number of allylic oxidation sites excluding steroid dienone is 7. The molecule has 252 valence electrons. The number of benzene rings is 1. The van der Waals surface area contributed by atoms with Crippen LogP contribution in [0, 0.1) is 13.8 Å². The van der Waals surface area contributed by atoms with Crippen molar-refractivity contribution in [3.05, 3.63) is 107 Å². The summed E-state index contributed by atoms with van der Waals surface area (Å²) in [5, 5.41) is 22.5. The molecule has 0 saturated heterocycles. The lowest BCUT2D eigenvalue weighted by Crippen LogP contribution is -2.35. The van der Waals surface area contributed by atoms with Crippen LogP contribution in [0.3, 0.4) is 0 Å². The zero-order valence-electron chi connectivity index (χ0n) is 29.9. The number of H-pyrrole nitrogens is 1. The smallest absolute Gasteiger partial charge is 0.124 e. The number of carbonyl (C=O) groups excluding carboxylic acids is 1. The van der Waals surface area contributed by atoms with Crippen LogP contribution in [0.2, 0.25) is 0 Å². The first kappa shape index (κ1) is 33.8. The number of hydrogen-bond donors (Lipinski definition) is 3. The normalized spacial score (nSPS) is 19.0. The number of aliphatic hydroxyl groups is 1. The summed E-state index contributed by atoms with van der Waals surface area (Å²) in [5.41, 5.74) is 17.5. The zero-order valence-corrected chi connectivity index (χ0v) is 29.9. The van der Waals surface area contributed by atoms with E-state index in [1.54, 1.807) is 12.1 Å². The lowest BCUT2D eigenvalue weighted by Gasteiger charge is -2.16. The molecular formula is C42H46N4O3. The van der Waals surface area contributed by atoms with Crippen LogP contribution in [0.15, 0.2) is 83.7 Å². The number of fused-ring (bicyclic) bond motifs is 5. The zero-order chi connectivity index (χ0) is 35.1. The molecule has 8 bridgehead atoms. The third-order valence-electron chi connectivity index (χ3n) is 10.3. The van der Waals surface area contributed by atoms with Crippen LogP contribution in [0.25, 0.3) is 24.0 Å².